The quantitative estimate of drug-likeness (QED) is 0.922. The first-order valence-electron chi connectivity index (χ1n) is 5.00. The second-order valence-electron chi connectivity index (χ2n) is 4.39. The van der Waals surface area contributed by atoms with Crippen LogP contribution < -0.4 is 0 Å². The van der Waals surface area contributed by atoms with E-state index in [9.17, 15) is 5.11 Å². The maximum absolute atomic E-state index is 9.32. The Balaban J connectivity index is 3.19. The summed E-state index contributed by atoms with van der Waals surface area (Å²) in [5, 5.41) is 9.98. The van der Waals surface area contributed by atoms with Crippen LogP contribution in [0.4, 0.5) is 0 Å². The molecule has 0 heterocycles. The van der Waals surface area contributed by atoms with Crippen molar-refractivity contribution in [2.24, 2.45) is 0 Å². The smallest absolute Gasteiger partial charge is 0.0738 e. The van der Waals surface area contributed by atoms with E-state index in [4.69, 9.17) is 16.3 Å². The second kappa shape index (κ2) is 5.50. The lowest BCUT2D eigenvalue weighted by molar-refractivity contribution is 0.184. The SMILES string of the molecule is COCc1c(Cl)cc(C(C)(C)CO)cc1Br. The van der Waals surface area contributed by atoms with Gasteiger partial charge in [-0.2, -0.15) is 0 Å². The van der Waals surface area contributed by atoms with Gasteiger partial charge in [0.25, 0.3) is 0 Å². The van der Waals surface area contributed by atoms with Crippen molar-refractivity contribution in [3.05, 3.63) is 32.8 Å². The molecule has 0 aliphatic rings. The molecule has 0 aliphatic heterocycles. The Labute approximate surface area is 110 Å². The molecule has 4 heteroatoms. The van der Waals surface area contributed by atoms with Gasteiger partial charge in [0.15, 0.2) is 0 Å². The summed E-state index contributed by atoms with van der Waals surface area (Å²) in [6.07, 6.45) is 0. The molecule has 1 aromatic rings. The van der Waals surface area contributed by atoms with Gasteiger partial charge in [-0.05, 0) is 17.7 Å². The van der Waals surface area contributed by atoms with Gasteiger partial charge in [-0.25, -0.2) is 0 Å². The van der Waals surface area contributed by atoms with Crippen molar-refractivity contribution < 1.29 is 9.84 Å². The van der Waals surface area contributed by atoms with Gasteiger partial charge < -0.3 is 9.84 Å². The lowest BCUT2D eigenvalue weighted by Crippen LogP contribution is -2.22. The normalized spacial score (nSPS) is 11.9. The lowest BCUT2D eigenvalue weighted by atomic mass is 9.85. The molecule has 16 heavy (non-hydrogen) atoms. The zero-order valence-corrected chi connectivity index (χ0v) is 12.0. The third kappa shape index (κ3) is 2.98. The molecule has 2 nitrogen and oxygen atoms in total. The fourth-order valence-corrected chi connectivity index (χ4v) is 2.33. The molecule has 1 N–H and O–H groups in total. The Bertz CT molecular complexity index is 354. The van der Waals surface area contributed by atoms with Gasteiger partial charge in [-0.3, -0.25) is 0 Å². The highest BCUT2D eigenvalue weighted by atomic mass is 79.9. The lowest BCUT2D eigenvalue weighted by Gasteiger charge is -2.23. The number of benzene rings is 1. The van der Waals surface area contributed by atoms with Gasteiger partial charge >= 0.3 is 0 Å². The Morgan fingerprint density at radius 3 is 2.50 bits per heavy atom. The minimum atomic E-state index is -0.294. The van der Waals surface area contributed by atoms with Crippen LogP contribution in [0.1, 0.15) is 25.0 Å². The van der Waals surface area contributed by atoms with Crippen LogP contribution in [0.3, 0.4) is 0 Å². The summed E-state index contributed by atoms with van der Waals surface area (Å²) in [7, 11) is 1.63. The maximum atomic E-state index is 9.32. The molecule has 0 bridgehead atoms. The first-order valence-corrected chi connectivity index (χ1v) is 6.17. The van der Waals surface area contributed by atoms with Gasteiger partial charge in [-0.15, -0.1) is 0 Å². The summed E-state index contributed by atoms with van der Waals surface area (Å²) in [6, 6.07) is 3.87. The van der Waals surface area contributed by atoms with Crippen molar-refractivity contribution in [3.63, 3.8) is 0 Å². The molecule has 0 aromatic heterocycles. The topological polar surface area (TPSA) is 29.5 Å². The molecular formula is C12H16BrClO2. The predicted octanol–water partition coefficient (Wildman–Crippen LogP) is 3.52. The van der Waals surface area contributed by atoms with Crippen LogP contribution in [0.25, 0.3) is 0 Å². The summed E-state index contributed by atoms with van der Waals surface area (Å²) in [5.74, 6) is 0. The Hall–Kier alpha value is -0.0900. The van der Waals surface area contributed by atoms with E-state index >= 15 is 0 Å². The number of hydrogen-bond acceptors (Lipinski definition) is 2. The summed E-state index contributed by atoms with van der Waals surface area (Å²) < 4.78 is 5.99. The van der Waals surface area contributed by atoms with Crippen molar-refractivity contribution in [1.82, 2.24) is 0 Å². The molecule has 0 spiro atoms. The first-order chi connectivity index (χ1) is 7.42. The number of methoxy groups -OCH3 is 1. The third-order valence-electron chi connectivity index (χ3n) is 2.61. The molecule has 1 aromatic carbocycles. The largest absolute Gasteiger partial charge is 0.395 e. The van der Waals surface area contributed by atoms with Crippen molar-refractivity contribution >= 4 is 27.5 Å². The molecule has 0 fully saturated rings. The van der Waals surface area contributed by atoms with Gasteiger partial charge in [0.2, 0.25) is 0 Å². The predicted molar refractivity (Wildman–Crippen MR) is 70.0 cm³/mol. The third-order valence-corrected chi connectivity index (χ3v) is 3.65. The first kappa shape index (κ1) is 14.0. The minimum Gasteiger partial charge on any atom is -0.395 e. The van der Waals surface area contributed by atoms with Crippen LogP contribution in [0.2, 0.25) is 5.02 Å². The van der Waals surface area contributed by atoms with Crippen LogP contribution in [-0.4, -0.2) is 18.8 Å². The summed E-state index contributed by atoms with van der Waals surface area (Å²) >= 11 is 9.66. The molecule has 1 rings (SSSR count). The average molecular weight is 308 g/mol. The fraction of sp³-hybridized carbons (Fsp3) is 0.500. The van der Waals surface area contributed by atoms with E-state index in [1.165, 1.54) is 0 Å². The van der Waals surface area contributed by atoms with Crippen molar-refractivity contribution in [2.75, 3.05) is 13.7 Å². The Kier molecular flexibility index (Phi) is 4.80. The summed E-state index contributed by atoms with van der Waals surface area (Å²) in [5.41, 5.74) is 1.64. The number of aliphatic hydroxyl groups is 1. The average Bonchev–Trinajstić information content (AvgIpc) is 2.23. The van der Waals surface area contributed by atoms with Crippen LogP contribution in [-0.2, 0) is 16.8 Å². The van der Waals surface area contributed by atoms with E-state index in [2.05, 4.69) is 15.9 Å². The van der Waals surface area contributed by atoms with Crippen molar-refractivity contribution in [2.45, 2.75) is 25.9 Å². The maximum Gasteiger partial charge on any atom is 0.0738 e. The van der Waals surface area contributed by atoms with Crippen LogP contribution in [0.15, 0.2) is 16.6 Å². The standard InChI is InChI=1S/C12H16BrClO2/c1-12(2,7-15)8-4-10(13)9(6-16-3)11(14)5-8/h4-5,15H,6-7H2,1-3H3. The number of ether oxygens (including phenoxy) is 1. The molecule has 0 radical (unpaired) electrons. The second-order valence-corrected chi connectivity index (χ2v) is 5.65. The van der Waals surface area contributed by atoms with Crippen molar-refractivity contribution in [3.8, 4) is 0 Å². The highest BCUT2D eigenvalue weighted by molar-refractivity contribution is 9.10. The van der Waals surface area contributed by atoms with Crippen LogP contribution in [0.5, 0.6) is 0 Å². The zero-order valence-electron chi connectivity index (χ0n) is 9.68. The molecule has 0 amide bonds. The number of halogens is 2. The molecule has 90 valence electrons. The zero-order chi connectivity index (χ0) is 12.3. The monoisotopic (exact) mass is 306 g/mol. The molecule has 0 unspecified atom stereocenters. The van der Waals surface area contributed by atoms with E-state index in [1.54, 1.807) is 7.11 Å². The molecule has 0 saturated heterocycles. The van der Waals surface area contributed by atoms with Gasteiger partial charge in [-0.1, -0.05) is 41.4 Å². The van der Waals surface area contributed by atoms with Crippen LogP contribution in [0, 0.1) is 0 Å². The molecule has 0 aliphatic carbocycles. The number of rotatable bonds is 4. The Morgan fingerprint density at radius 2 is 2.06 bits per heavy atom. The highest BCUT2D eigenvalue weighted by Crippen LogP contribution is 2.33. The summed E-state index contributed by atoms with van der Waals surface area (Å²) in [4.78, 5) is 0. The van der Waals surface area contributed by atoms with Crippen molar-refractivity contribution in [1.29, 1.82) is 0 Å². The van der Waals surface area contributed by atoms with Gasteiger partial charge in [0.05, 0.1) is 13.2 Å². The molecule has 0 saturated carbocycles. The van der Waals surface area contributed by atoms with Gasteiger partial charge in [0, 0.05) is 27.6 Å². The van der Waals surface area contributed by atoms with Crippen LogP contribution >= 0.6 is 27.5 Å². The number of aliphatic hydroxyl groups excluding tert-OH is 1. The van der Waals surface area contributed by atoms with E-state index in [-0.39, 0.29) is 12.0 Å². The molecule has 0 atom stereocenters. The van der Waals surface area contributed by atoms with E-state index in [0.29, 0.717) is 11.6 Å². The highest BCUT2D eigenvalue weighted by Gasteiger charge is 2.21. The molecular weight excluding hydrogens is 291 g/mol. The van der Waals surface area contributed by atoms with Gasteiger partial charge in [0.1, 0.15) is 0 Å². The summed E-state index contributed by atoms with van der Waals surface area (Å²) in [6.45, 7) is 4.50. The van der Waals surface area contributed by atoms with E-state index < -0.39 is 0 Å². The Morgan fingerprint density at radius 1 is 1.44 bits per heavy atom. The minimum absolute atomic E-state index is 0.0827. The number of hydrogen-bond donors (Lipinski definition) is 1. The van der Waals surface area contributed by atoms with E-state index in [1.807, 2.05) is 26.0 Å². The van der Waals surface area contributed by atoms with E-state index in [0.717, 1.165) is 15.6 Å². The fourth-order valence-electron chi connectivity index (χ4n) is 1.37.